The van der Waals surface area contributed by atoms with Crippen molar-refractivity contribution in [1.82, 2.24) is 5.43 Å². The van der Waals surface area contributed by atoms with Gasteiger partial charge in [0.1, 0.15) is 12.4 Å². The molecule has 0 unspecified atom stereocenters. The van der Waals surface area contributed by atoms with Gasteiger partial charge in [-0.2, -0.15) is 5.10 Å². The highest BCUT2D eigenvalue weighted by Crippen LogP contribution is 2.15. The molecule has 3 rings (SSSR count). The van der Waals surface area contributed by atoms with Gasteiger partial charge in [-0.3, -0.25) is 4.79 Å². The van der Waals surface area contributed by atoms with Gasteiger partial charge in [0.25, 0.3) is 0 Å². The summed E-state index contributed by atoms with van der Waals surface area (Å²) in [4.78, 5) is 11.9. The molecule has 28 heavy (non-hydrogen) atoms. The summed E-state index contributed by atoms with van der Waals surface area (Å²) in [6.45, 7) is 2.53. The molecule has 0 heterocycles. The number of halogens is 1. The summed E-state index contributed by atoms with van der Waals surface area (Å²) >= 11 is 3.42. The highest BCUT2D eigenvalue weighted by atomic mass is 79.9. The normalized spacial score (nSPS) is 10.8. The van der Waals surface area contributed by atoms with Crippen molar-refractivity contribution in [3.05, 3.63) is 99.5 Å². The van der Waals surface area contributed by atoms with Crippen LogP contribution in [0, 0.1) is 6.92 Å². The lowest BCUT2D eigenvalue weighted by molar-refractivity contribution is -0.120. The number of rotatable bonds is 7. The van der Waals surface area contributed by atoms with Gasteiger partial charge >= 0.3 is 0 Å². The topological polar surface area (TPSA) is 50.7 Å². The Hall–Kier alpha value is -2.92. The number of hydrogen-bond acceptors (Lipinski definition) is 3. The molecule has 0 aromatic heterocycles. The highest BCUT2D eigenvalue weighted by Gasteiger charge is 2.01. The molecular formula is C23H21BrN2O2. The molecule has 3 aromatic carbocycles. The standard InChI is InChI=1S/C23H21BrN2O2/c1-17-2-4-18(5-3-17)14-23(27)26-25-15-19-8-12-22(13-9-19)28-16-20-6-10-21(24)11-7-20/h2-13,15H,14,16H2,1H3,(H,26,27)/b25-15-. The third-order valence-electron chi connectivity index (χ3n) is 4.09. The third-order valence-corrected chi connectivity index (χ3v) is 4.62. The number of ether oxygens (including phenoxy) is 1. The Kier molecular flexibility index (Phi) is 6.98. The van der Waals surface area contributed by atoms with Crippen LogP contribution in [0.15, 0.2) is 82.4 Å². The van der Waals surface area contributed by atoms with Crippen molar-refractivity contribution in [2.45, 2.75) is 20.0 Å². The van der Waals surface area contributed by atoms with Crippen LogP contribution in [0.25, 0.3) is 0 Å². The largest absolute Gasteiger partial charge is 0.489 e. The molecule has 0 atom stereocenters. The second-order valence-electron chi connectivity index (χ2n) is 6.44. The van der Waals surface area contributed by atoms with Gasteiger partial charge in [-0.1, -0.05) is 57.9 Å². The fourth-order valence-electron chi connectivity index (χ4n) is 2.51. The van der Waals surface area contributed by atoms with Crippen LogP contribution in [-0.2, 0) is 17.8 Å². The van der Waals surface area contributed by atoms with E-state index in [0.29, 0.717) is 13.0 Å². The van der Waals surface area contributed by atoms with Crippen LogP contribution < -0.4 is 10.2 Å². The molecular weight excluding hydrogens is 416 g/mol. The summed E-state index contributed by atoms with van der Waals surface area (Å²) in [5.74, 6) is 0.637. The molecule has 3 aromatic rings. The zero-order chi connectivity index (χ0) is 19.8. The molecule has 0 aliphatic rings. The van der Waals surface area contributed by atoms with Gasteiger partial charge in [0.15, 0.2) is 0 Å². The minimum Gasteiger partial charge on any atom is -0.489 e. The lowest BCUT2D eigenvalue weighted by Gasteiger charge is -2.06. The molecule has 5 heteroatoms. The van der Waals surface area contributed by atoms with Gasteiger partial charge in [0, 0.05) is 4.47 Å². The number of nitrogens with one attached hydrogen (secondary N) is 1. The zero-order valence-electron chi connectivity index (χ0n) is 15.6. The van der Waals surface area contributed by atoms with Crippen LogP contribution >= 0.6 is 15.9 Å². The van der Waals surface area contributed by atoms with E-state index in [4.69, 9.17) is 4.74 Å². The fourth-order valence-corrected chi connectivity index (χ4v) is 2.77. The van der Waals surface area contributed by atoms with E-state index in [0.717, 1.165) is 26.9 Å². The van der Waals surface area contributed by atoms with E-state index in [1.165, 1.54) is 5.56 Å². The predicted octanol–water partition coefficient (Wildman–Crippen LogP) is 5.03. The second kappa shape index (κ2) is 9.85. The Labute approximate surface area is 173 Å². The van der Waals surface area contributed by atoms with E-state index in [1.807, 2.05) is 79.7 Å². The van der Waals surface area contributed by atoms with E-state index in [2.05, 4.69) is 26.5 Å². The fraction of sp³-hybridized carbons (Fsp3) is 0.130. The second-order valence-corrected chi connectivity index (χ2v) is 7.36. The summed E-state index contributed by atoms with van der Waals surface area (Å²) < 4.78 is 6.82. The average Bonchev–Trinajstić information content (AvgIpc) is 2.70. The van der Waals surface area contributed by atoms with Gasteiger partial charge in [-0.05, 0) is 60.0 Å². The van der Waals surface area contributed by atoms with Gasteiger partial charge in [-0.15, -0.1) is 0 Å². The van der Waals surface area contributed by atoms with E-state index < -0.39 is 0 Å². The van der Waals surface area contributed by atoms with Crippen LogP contribution in [0.3, 0.4) is 0 Å². The maximum Gasteiger partial charge on any atom is 0.244 e. The molecule has 142 valence electrons. The smallest absolute Gasteiger partial charge is 0.244 e. The van der Waals surface area contributed by atoms with Crippen LogP contribution in [-0.4, -0.2) is 12.1 Å². The molecule has 0 fully saturated rings. The van der Waals surface area contributed by atoms with Crippen molar-refractivity contribution >= 4 is 28.1 Å². The Balaban J connectivity index is 1.45. The first-order valence-corrected chi connectivity index (χ1v) is 9.72. The number of hydrazone groups is 1. The predicted molar refractivity (Wildman–Crippen MR) is 116 cm³/mol. The number of carbonyl (C=O) groups excluding carboxylic acids is 1. The number of nitrogens with zero attached hydrogens (tertiary/aromatic N) is 1. The molecule has 0 aliphatic heterocycles. The van der Waals surface area contributed by atoms with E-state index in [9.17, 15) is 4.79 Å². The van der Waals surface area contributed by atoms with E-state index in [-0.39, 0.29) is 5.91 Å². The van der Waals surface area contributed by atoms with Crippen molar-refractivity contribution in [3.63, 3.8) is 0 Å². The Morgan fingerprint density at radius 3 is 2.29 bits per heavy atom. The van der Waals surface area contributed by atoms with Crippen LogP contribution in [0.4, 0.5) is 0 Å². The monoisotopic (exact) mass is 436 g/mol. The summed E-state index contributed by atoms with van der Waals surface area (Å²) in [6.07, 6.45) is 1.92. The molecule has 1 amide bonds. The minimum atomic E-state index is -0.144. The molecule has 1 N–H and O–H groups in total. The molecule has 0 spiro atoms. The molecule has 0 aliphatic carbocycles. The van der Waals surface area contributed by atoms with Crippen LogP contribution in [0.2, 0.25) is 0 Å². The van der Waals surface area contributed by atoms with Crippen LogP contribution in [0.1, 0.15) is 22.3 Å². The van der Waals surface area contributed by atoms with Gasteiger partial charge in [-0.25, -0.2) is 5.43 Å². The summed E-state index contributed by atoms with van der Waals surface area (Å²) in [6, 6.07) is 23.5. The Bertz CT molecular complexity index is 934. The number of carbonyl (C=O) groups is 1. The summed E-state index contributed by atoms with van der Waals surface area (Å²) in [7, 11) is 0. The van der Waals surface area contributed by atoms with Crippen molar-refractivity contribution in [3.8, 4) is 5.75 Å². The first kappa shape index (κ1) is 19.8. The number of amides is 1. The highest BCUT2D eigenvalue weighted by molar-refractivity contribution is 9.10. The van der Waals surface area contributed by atoms with Crippen molar-refractivity contribution in [1.29, 1.82) is 0 Å². The lowest BCUT2D eigenvalue weighted by atomic mass is 10.1. The summed E-state index contributed by atoms with van der Waals surface area (Å²) in [5, 5.41) is 4.02. The maximum absolute atomic E-state index is 11.9. The third kappa shape index (κ3) is 6.35. The number of aryl methyl sites for hydroxylation is 1. The first-order valence-electron chi connectivity index (χ1n) is 8.93. The van der Waals surface area contributed by atoms with Gasteiger partial charge in [0.2, 0.25) is 5.91 Å². The lowest BCUT2D eigenvalue weighted by Crippen LogP contribution is -2.19. The number of hydrogen-bond donors (Lipinski definition) is 1. The molecule has 0 bridgehead atoms. The van der Waals surface area contributed by atoms with Crippen molar-refractivity contribution < 1.29 is 9.53 Å². The molecule has 0 saturated heterocycles. The first-order chi connectivity index (χ1) is 13.6. The zero-order valence-corrected chi connectivity index (χ0v) is 17.1. The maximum atomic E-state index is 11.9. The SMILES string of the molecule is Cc1ccc(CC(=O)N/N=C\c2ccc(OCc3ccc(Br)cc3)cc2)cc1. The van der Waals surface area contributed by atoms with Crippen molar-refractivity contribution in [2.75, 3.05) is 0 Å². The van der Waals surface area contributed by atoms with Gasteiger partial charge in [0.05, 0.1) is 12.6 Å². The molecule has 0 radical (unpaired) electrons. The van der Waals surface area contributed by atoms with Gasteiger partial charge < -0.3 is 4.74 Å². The summed E-state index contributed by atoms with van der Waals surface area (Å²) in [5.41, 5.74) is 6.67. The molecule has 0 saturated carbocycles. The van der Waals surface area contributed by atoms with Crippen LogP contribution in [0.5, 0.6) is 5.75 Å². The van der Waals surface area contributed by atoms with Crippen molar-refractivity contribution in [2.24, 2.45) is 5.10 Å². The Morgan fingerprint density at radius 2 is 1.61 bits per heavy atom. The number of benzene rings is 3. The molecule has 4 nitrogen and oxygen atoms in total. The van der Waals surface area contributed by atoms with E-state index in [1.54, 1.807) is 6.21 Å². The Morgan fingerprint density at radius 1 is 0.964 bits per heavy atom. The van der Waals surface area contributed by atoms with E-state index >= 15 is 0 Å². The average molecular weight is 437 g/mol. The minimum absolute atomic E-state index is 0.144. The quantitative estimate of drug-likeness (QED) is 0.417.